The molecule has 0 aliphatic rings. The summed E-state index contributed by atoms with van der Waals surface area (Å²) in [4.78, 5) is 52.0. The third kappa shape index (κ3) is 12.2. The van der Waals surface area contributed by atoms with Gasteiger partial charge in [-0.3, -0.25) is 9.78 Å². The number of thiazole rings is 2. The second-order valence-electron chi connectivity index (χ2n) is 13.0. The third-order valence-electron chi connectivity index (χ3n) is 8.18. The highest BCUT2D eigenvalue weighted by Gasteiger charge is 2.31. The van der Waals surface area contributed by atoms with Crippen LogP contribution in [0.2, 0.25) is 0 Å². The molecule has 4 rings (SSSR count). The molecule has 4 N–H and O–H groups in total. The fourth-order valence-corrected chi connectivity index (χ4v) is 6.83. The van der Waals surface area contributed by atoms with Gasteiger partial charge in [0.05, 0.1) is 29.1 Å². The average molecular weight is 721 g/mol. The van der Waals surface area contributed by atoms with Crippen LogP contribution in [0.15, 0.2) is 78.6 Å². The van der Waals surface area contributed by atoms with Crippen LogP contribution in [0, 0.1) is 5.92 Å². The first-order valence-corrected chi connectivity index (χ1v) is 18.5. The van der Waals surface area contributed by atoms with E-state index in [-0.39, 0.29) is 30.9 Å². The quantitative estimate of drug-likeness (QED) is 0.106. The predicted octanol–water partition coefficient (Wildman–Crippen LogP) is 5.91. The number of hydrogen-bond acceptors (Lipinski definition) is 9. The van der Waals surface area contributed by atoms with Crippen molar-refractivity contribution in [3.05, 3.63) is 104 Å². The van der Waals surface area contributed by atoms with E-state index in [4.69, 9.17) is 4.74 Å². The van der Waals surface area contributed by atoms with E-state index >= 15 is 0 Å². The number of carbonyl (C=O) groups excluding carboxylic acids is 3. The minimum Gasteiger partial charge on any atom is -0.444 e. The Kier molecular flexibility index (Phi) is 14.7. The molecule has 0 spiro atoms. The van der Waals surface area contributed by atoms with Crippen molar-refractivity contribution in [3.63, 3.8) is 0 Å². The number of aromatic nitrogens is 2. The Bertz CT molecular complexity index is 1620. The summed E-state index contributed by atoms with van der Waals surface area (Å²) in [6.07, 6.45) is 2.68. The van der Waals surface area contributed by atoms with Crippen molar-refractivity contribution in [3.8, 4) is 0 Å². The molecule has 2 heterocycles. The van der Waals surface area contributed by atoms with Gasteiger partial charge in [-0.05, 0) is 42.2 Å². The lowest BCUT2D eigenvalue weighted by atomic mass is 9.93. The van der Waals surface area contributed by atoms with Crippen molar-refractivity contribution in [2.75, 3.05) is 7.05 Å². The van der Waals surface area contributed by atoms with Gasteiger partial charge in [0.15, 0.2) is 0 Å². The lowest BCUT2D eigenvalue weighted by Gasteiger charge is -2.30. The number of urea groups is 1. The van der Waals surface area contributed by atoms with Crippen LogP contribution in [0.4, 0.5) is 9.59 Å². The lowest BCUT2D eigenvalue weighted by Crippen LogP contribution is -2.55. The number of aliphatic hydroxyl groups is 1. The van der Waals surface area contributed by atoms with Crippen LogP contribution >= 0.6 is 22.7 Å². The van der Waals surface area contributed by atoms with Gasteiger partial charge in [-0.25, -0.2) is 14.6 Å². The summed E-state index contributed by atoms with van der Waals surface area (Å²) in [6, 6.07) is 16.8. The van der Waals surface area contributed by atoms with Crippen molar-refractivity contribution in [1.82, 2.24) is 30.8 Å². The van der Waals surface area contributed by atoms with Gasteiger partial charge < -0.3 is 30.7 Å². The molecule has 0 aliphatic heterocycles. The summed E-state index contributed by atoms with van der Waals surface area (Å²) in [6.45, 7) is 8.34. The zero-order valence-electron chi connectivity index (χ0n) is 29.2. The smallest absolute Gasteiger partial charge is 0.407 e. The first-order chi connectivity index (χ1) is 24.0. The molecular weight excluding hydrogens is 673 g/mol. The third-order valence-corrected chi connectivity index (χ3v) is 10.2. The molecule has 4 amide bonds. The number of benzene rings is 2. The van der Waals surface area contributed by atoms with Gasteiger partial charge in [-0.15, -0.1) is 22.7 Å². The lowest BCUT2D eigenvalue weighted by molar-refractivity contribution is -0.124. The molecule has 4 aromatic rings. The molecule has 13 heteroatoms. The first kappa shape index (κ1) is 38.5. The fourth-order valence-electron chi connectivity index (χ4n) is 5.35. The summed E-state index contributed by atoms with van der Waals surface area (Å²) >= 11 is 2.95. The molecule has 0 radical (unpaired) electrons. The van der Waals surface area contributed by atoms with E-state index in [1.54, 1.807) is 30.1 Å². The van der Waals surface area contributed by atoms with Gasteiger partial charge in [-0.2, -0.15) is 0 Å². The van der Waals surface area contributed by atoms with E-state index < -0.39 is 30.3 Å². The Morgan fingerprint density at radius 2 is 1.56 bits per heavy atom. The Balaban J connectivity index is 1.46. The number of ether oxygens (including phenoxy) is 1. The minimum atomic E-state index is -1.05. The van der Waals surface area contributed by atoms with Crippen LogP contribution in [0.5, 0.6) is 0 Å². The highest BCUT2D eigenvalue weighted by Crippen LogP contribution is 2.23. The van der Waals surface area contributed by atoms with Crippen LogP contribution in [0.25, 0.3) is 0 Å². The maximum Gasteiger partial charge on any atom is 0.407 e. The van der Waals surface area contributed by atoms with E-state index in [2.05, 4.69) is 39.8 Å². The van der Waals surface area contributed by atoms with Crippen LogP contribution in [0.1, 0.15) is 65.9 Å². The fraction of sp³-hybridized carbons (Fsp3) is 0.432. The van der Waals surface area contributed by atoms with Crippen molar-refractivity contribution in [2.45, 2.75) is 90.3 Å². The molecule has 50 heavy (non-hydrogen) atoms. The number of hydrogen-bond donors (Lipinski definition) is 4. The molecule has 0 unspecified atom stereocenters. The Morgan fingerprint density at radius 1 is 0.900 bits per heavy atom. The Hall–Kier alpha value is -4.33. The van der Waals surface area contributed by atoms with E-state index in [0.717, 1.165) is 25.9 Å². The number of amides is 4. The highest BCUT2D eigenvalue weighted by molar-refractivity contribution is 7.11. The topological polar surface area (TPSA) is 146 Å². The Labute approximate surface area is 302 Å². The van der Waals surface area contributed by atoms with Crippen LogP contribution < -0.4 is 16.0 Å². The molecule has 268 valence electrons. The van der Waals surface area contributed by atoms with E-state index in [1.807, 2.05) is 80.7 Å². The normalized spacial score (nSPS) is 13.7. The van der Waals surface area contributed by atoms with Gasteiger partial charge >= 0.3 is 12.1 Å². The summed E-state index contributed by atoms with van der Waals surface area (Å²) in [5, 5.41) is 21.4. The van der Waals surface area contributed by atoms with Gasteiger partial charge in [0.25, 0.3) is 0 Å². The number of alkyl carbamates (subject to hydrolysis) is 1. The zero-order valence-corrected chi connectivity index (χ0v) is 30.9. The van der Waals surface area contributed by atoms with E-state index in [9.17, 15) is 19.5 Å². The highest BCUT2D eigenvalue weighted by atomic mass is 32.1. The number of aliphatic hydroxyl groups excluding tert-OH is 1. The maximum atomic E-state index is 13.9. The molecule has 2 aromatic heterocycles. The summed E-state index contributed by atoms with van der Waals surface area (Å²) < 4.78 is 5.43. The first-order valence-electron chi connectivity index (χ1n) is 16.8. The van der Waals surface area contributed by atoms with Crippen molar-refractivity contribution in [2.24, 2.45) is 5.92 Å². The van der Waals surface area contributed by atoms with Crippen LogP contribution in [-0.4, -0.2) is 69.3 Å². The maximum absolute atomic E-state index is 13.9. The predicted molar refractivity (Wildman–Crippen MR) is 197 cm³/mol. The van der Waals surface area contributed by atoms with Crippen molar-refractivity contribution in [1.29, 1.82) is 0 Å². The molecule has 11 nitrogen and oxygen atoms in total. The number of carbonyl (C=O) groups is 3. The minimum absolute atomic E-state index is 0.0671. The largest absolute Gasteiger partial charge is 0.444 e. The summed E-state index contributed by atoms with van der Waals surface area (Å²) in [7, 11) is 1.68. The van der Waals surface area contributed by atoms with Gasteiger partial charge in [0, 0.05) is 30.4 Å². The monoisotopic (exact) mass is 720 g/mol. The molecule has 4 atom stereocenters. The van der Waals surface area contributed by atoms with Gasteiger partial charge in [0.2, 0.25) is 5.91 Å². The summed E-state index contributed by atoms with van der Waals surface area (Å²) in [5.74, 6) is -0.227. The average Bonchev–Trinajstić information content (AvgIpc) is 3.79. The van der Waals surface area contributed by atoms with Gasteiger partial charge in [-0.1, -0.05) is 88.4 Å². The molecule has 0 fully saturated rings. The molecular formula is C37H48N6O5S2. The Morgan fingerprint density at radius 3 is 2.14 bits per heavy atom. The number of rotatable bonds is 17. The molecule has 0 aliphatic carbocycles. The van der Waals surface area contributed by atoms with Crippen LogP contribution in [-0.2, 0) is 35.5 Å². The second kappa shape index (κ2) is 19.2. The van der Waals surface area contributed by atoms with Crippen LogP contribution in [0.3, 0.4) is 0 Å². The number of nitrogens with zero attached hydrogens (tertiary/aromatic N) is 3. The molecule has 0 saturated heterocycles. The summed E-state index contributed by atoms with van der Waals surface area (Å²) in [5.41, 5.74) is 3.56. The van der Waals surface area contributed by atoms with E-state index in [1.165, 1.54) is 16.2 Å². The molecule has 0 saturated carbocycles. The number of nitrogens with one attached hydrogen (secondary N) is 3. The van der Waals surface area contributed by atoms with E-state index in [0.29, 0.717) is 25.3 Å². The zero-order chi connectivity index (χ0) is 36.0. The SMILES string of the molecule is CC(C)c1cnc(CN(C)C(=O)N[C@H](C(=O)N[C@@H](Cc2ccccc2)C[C@H](O)[C@@H](Cc2ccccc2)NC(=O)OCc2cncs2)C(C)C)s1. The standard InChI is InChI=1S/C37H48N6O5S2/c1-24(2)32-20-39-33(50-32)21-43(5)36(46)42-34(25(3)4)35(45)40-28(16-26-12-8-6-9-13-26)18-31(44)30(17-27-14-10-7-11-15-27)41-37(47)48-22-29-19-38-23-49-29/h6-15,19-20,23-25,28,30-31,34,44H,16-18,21-22H2,1-5H3,(H,40,45)(H,41,47)(H,42,46)/t28-,30+,31-,34-/m0/s1. The van der Waals surface area contributed by atoms with Crippen molar-refractivity contribution < 1.29 is 24.2 Å². The molecule has 2 aromatic carbocycles. The second-order valence-corrected chi connectivity index (χ2v) is 15.1. The van der Waals surface area contributed by atoms with Crippen molar-refractivity contribution >= 4 is 40.7 Å². The molecule has 0 bridgehead atoms. The van der Waals surface area contributed by atoms with Gasteiger partial charge in [0.1, 0.15) is 17.7 Å².